The van der Waals surface area contributed by atoms with Gasteiger partial charge in [-0.05, 0) is 23.5 Å². The number of aliphatic hydroxyl groups excluding tert-OH is 1. The minimum absolute atomic E-state index is 0.146. The van der Waals surface area contributed by atoms with Crippen molar-refractivity contribution in [3.8, 4) is 0 Å². The third-order valence-electron chi connectivity index (χ3n) is 2.97. The van der Waals surface area contributed by atoms with Gasteiger partial charge in [0.15, 0.2) is 0 Å². The quantitative estimate of drug-likeness (QED) is 0.830. The minimum atomic E-state index is -0.545. The first kappa shape index (κ1) is 13.2. The summed E-state index contributed by atoms with van der Waals surface area (Å²) >= 11 is 0. The molecule has 0 fully saturated rings. The lowest BCUT2D eigenvalue weighted by atomic mass is 9.95. The molecule has 0 aliphatic rings. The Morgan fingerprint density at radius 3 is 2.12 bits per heavy atom. The van der Waals surface area contributed by atoms with Gasteiger partial charge in [0.2, 0.25) is 0 Å². The number of benzene rings is 1. The molecule has 0 heterocycles. The average molecular weight is 222 g/mol. The molecule has 1 rings (SSSR count). The molecule has 2 unspecified atom stereocenters. The molecule has 0 bridgehead atoms. The highest BCUT2D eigenvalue weighted by Crippen LogP contribution is 2.24. The Morgan fingerprint density at radius 2 is 1.75 bits per heavy atom. The van der Waals surface area contributed by atoms with Gasteiger partial charge in [-0.2, -0.15) is 0 Å². The summed E-state index contributed by atoms with van der Waals surface area (Å²) in [5, 5.41) is 10.2. The van der Waals surface area contributed by atoms with E-state index in [2.05, 4.69) is 32.9 Å². The lowest BCUT2D eigenvalue weighted by Crippen LogP contribution is -2.26. The van der Waals surface area contributed by atoms with Crippen LogP contribution in [-0.4, -0.2) is 18.3 Å². The molecule has 0 spiro atoms. The van der Waals surface area contributed by atoms with E-state index in [0.29, 0.717) is 5.92 Å². The van der Waals surface area contributed by atoms with Gasteiger partial charge in [-0.15, -0.1) is 0 Å². The Morgan fingerprint density at radius 1 is 1.19 bits per heavy atom. The Labute approximate surface area is 98.3 Å². The van der Waals surface area contributed by atoms with Crippen LogP contribution in [0.25, 0.3) is 0 Å². The van der Waals surface area contributed by atoms with Crippen molar-refractivity contribution >= 4 is 0 Å². The smallest absolute Gasteiger partial charge is 0.105 e. The zero-order valence-corrected chi connectivity index (χ0v) is 10.6. The van der Waals surface area contributed by atoms with Crippen LogP contribution in [0.5, 0.6) is 0 Å². The highest BCUT2D eigenvalue weighted by atomic mass is 16.5. The number of aryl methyl sites for hydroxylation is 1. The molecular formula is C14H22O2. The molecule has 16 heavy (non-hydrogen) atoms. The normalized spacial score (nSPS) is 15.1. The van der Waals surface area contributed by atoms with Crippen molar-refractivity contribution < 1.29 is 9.84 Å². The molecule has 0 saturated carbocycles. The second-order valence-electron chi connectivity index (χ2n) is 4.48. The van der Waals surface area contributed by atoms with E-state index in [9.17, 15) is 5.11 Å². The molecule has 1 N–H and O–H groups in total. The van der Waals surface area contributed by atoms with E-state index in [1.165, 1.54) is 5.56 Å². The van der Waals surface area contributed by atoms with Crippen LogP contribution >= 0.6 is 0 Å². The standard InChI is InChI=1S/C14H22O2/c1-5-11-6-8-12(9-7-11)13(15)14(16-4)10(2)3/h6-10,13-15H,5H2,1-4H3. The van der Waals surface area contributed by atoms with Gasteiger partial charge in [-0.3, -0.25) is 0 Å². The fraction of sp³-hybridized carbons (Fsp3) is 0.571. The number of hydrogen-bond donors (Lipinski definition) is 1. The summed E-state index contributed by atoms with van der Waals surface area (Å²) in [6.07, 6.45) is 0.331. The first-order valence-corrected chi connectivity index (χ1v) is 5.89. The zero-order chi connectivity index (χ0) is 12.1. The second kappa shape index (κ2) is 6.02. The molecule has 0 amide bonds. The molecule has 2 nitrogen and oxygen atoms in total. The number of rotatable bonds is 5. The molecule has 0 aliphatic carbocycles. The molecule has 0 saturated heterocycles. The summed E-state index contributed by atoms with van der Waals surface area (Å²) in [5.74, 6) is 0.297. The van der Waals surface area contributed by atoms with E-state index in [1.807, 2.05) is 12.1 Å². The molecule has 1 aromatic carbocycles. The number of ether oxygens (including phenoxy) is 1. The molecule has 2 atom stereocenters. The topological polar surface area (TPSA) is 29.5 Å². The number of hydrogen-bond acceptors (Lipinski definition) is 2. The first-order valence-electron chi connectivity index (χ1n) is 5.89. The Balaban J connectivity index is 2.82. The fourth-order valence-electron chi connectivity index (χ4n) is 1.91. The van der Waals surface area contributed by atoms with Crippen molar-refractivity contribution in [3.63, 3.8) is 0 Å². The summed E-state index contributed by atoms with van der Waals surface area (Å²) in [4.78, 5) is 0. The van der Waals surface area contributed by atoms with Crippen LogP contribution in [-0.2, 0) is 11.2 Å². The van der Waals surface area contributed by atoms with E-state index in [4.69, 9.17) is 4.74 Å². The molecule has 90 valence electrons. The third-order valence-corrected chi connectivity index (χ3v) is 2.97. The largest absolute Gasteiger partial charge is 0.386 e. The van der Waals surface area contributed by atoms with E-state index >= 15 is 0 Å². The lowest BCUT2D eigenvalue weighted by molar-refractivity contribution is -0.0390. The predicted molar refractivity (Wildman–Crippen MR) is 66.4 cm³/mol. The third kappa shape index (κ3) is 3.06. The molecule has 0 aliphatic heterocycles. The summed E-state index contributed by atoms with van der Waals surface area (Å²) < 4.78 is 5.33. The number of aliphatic hydroxyl groups is 1. The van der Waals surface area contributed by atoms with Crippen LogP contribution in [0.3, 0.4) is 0 Å². The molecule has 0 radical (unpaired) electrons. The van der Waals surface area contributed by atoms with Crippen LogP contribution < -0.4 is 0 Å². The predicted octanol–water partition coefficient (Wildman–Crippen LogP) is 2.95. The Hall–Kier alpha value is -0.860. The van der Waals surface area contributed by atoms with Crippen molar-refractivity contribution in [2.75, 3.05) is 7.11 Å². The average Bonchev–Trinajstić information content (AvgIpc) is 2.29. The van der Waals surface area contributed by atoms with Gasteiger partial charge >= 0.3 is 0 Å². The molecule has 2 heteroatoms. The Kier molecular flexibility index (Phi) is 4.97. The van der Waals surface area contributed by atoms with Crippen LogP contribution in [0.1, 0.15) is 38.0 Å². The van der Waals surface area contributed by atoms with E-state index in [-0.39, 0.29) is 6.10 Å². The maximum atomic E-state index is 10.2. The van der Waals surface area contributed by atoms with Crippen LogP contribution in [0.15, 0.2) is 24.3 Å². The fourth-order valence-corrected chi connectivity index (χ4v) is 1.91. The Bertz CT molecular complexity index is 303. The maximum Gasteiger partial charge on any atom is 0.105 e. The van der Waals surface area contributed by atoms with Gasteiger partial charge in [0.05, 0.1) is 6.10 Å². The molecule has 1 aromatic rings. The second-order valence-corrected chi connectivity index (χ2v) is 4.48. The molecular weight excluding hydrogens is 200 g/mol. The summed E-state index contributed by atoms with van der Waals surface area (Å²) in [5.41, 5.74) is 2.22. The summed E-state index contributed by atoms with van der Waals surface area (Å²) in [6, 6.07) is 8.09. The van der Waals surface area contributed by atoms with Gasteiger partial charge in [0, 0.05) is 7.11 Å². The van der Waals surface area contributed by atoms with Crippen molar-refractivity contribution in [2.24, 2.45) is 5.92 Å². The van der Waals surface area contributed by atoms with Crippen molar-refractivity contribution in [1.29, 1.82) is 0 Å². The lowest BCUT2D eigenvalue weighted by Gasteiger charge is -2.25. The van der Waals surface area contributed by atoms with Crippen molar-refractivity contribution in [3.05, 3.63) is 35.4 Å². The first-order chi connectivity index (χ1) is 7.60. The van der Waals surface area contributed by atoms with Gasteiger partial charge in [0.1, 0.15) is 6.10 Å². The minimum Gasteiger partial charge on any atom is -0.386 e. The highest BCUT2D eigenvalue weighted by molar-refractivity contribution is 5.24. The van der Waals surface area contributed by atoms with Crippen LogP contribution in [0.4, 0.5) is 0 Å². The van der Waals surface area contributed by atoms with Gasteiger partial charge in [-0.25, -0.2) is 0 Å². The SMILES string of the molecule is CCc1ccc(C(O)C(OC)C(C)C)cc1. The molecule has 0 aromatic heterocycles. The summed E-state index contributed by atoms with van der Waals surface area (Å²) in [7, 11) is 1.65. The van der Waals surface area contributed by atoms with Gasteiger partial charge < -0.3 is 9.84 Å². The van der Waals surface area contributed by atoms with Crippen LogP contribution in [0.2, 0.25) is 0 Å². The van der Waals surface area contributed by atoms with E-state index in [1.54, 1.807) is 7.11 Å². The highest BCUT2D eigenvalue weighted by Gasteiger charge is 2.23. The van der Waals surface area contributed by atoms with Gasteiger partial charge in [0.25, 0.3) is 0 Å². The number of methoxy groups -OCH3 is 1. The van der Waals surface area contributed by atoms with Crippen LogP contribution in [0, 0.1) is 5.92 Å². The zero-order valence-electron chi connectivity index (χ0n) is 10.6. The van der Waals surface area contributed by atoms with E-state index in [0.717, 1.165) is 12.0 Å². The summed E-state index contributed by atoms with van der Waals surface area (Å²) in [6.45, 7) is 6.23. The van der Waals surface area contributed by atoms with Crippen molar-refractivity contribution in [1.82, 2.24) is 0 Å². The van der Waals surface area contributed by atoms with Gasteiger partial charge in [-0.1, -0.05) is 45.0 Å². The maximum absolute atomic E-state index is 10.2. The van der Waals surface area contributed by atoms with Crippen molar-refractivity contribution in [2.45, 2.75) is 39.4 Å². The monoisotopic (exact) mass is 222 g/mol. The van der Waals surface area contributed by atoms with E-state index < -0.39 is 6.10 Å².